The van der Waals surface area contributed by atoms with Gasteiger partial charge < -0.3 is 39.9 Å². The van der Waals surface area contributed by atoms with E-state index < -0.39 is 119 Å². The van der Waals surface area contributed by atoms with Crippen molar-refractivity contribution in [3.05, 3.63) is 71.0 Å². The first-order chi connectivity index (χ1) is 32.6. The number of hydrogen-bond acceptors (Lipinski definition) is 10. The lowest BCUT2D eigenvalue weighted by atomic mass is 9.75. The van der Waals surface area contributed by atoms with Gasteiger partial charge in [-0.15, -0.1) is 0 Å². The van der Waals surface area contributed by atoms with Gasteiger partial charge in [-0.05, 0) is 116 Å². The quantitative estimate of drug-likeness (QED) is 0.0399. The monoisotopic (exact) mass is 971 g/mol. The van der Waals surface area contributed by atoms with Gasteiger partial charge in [0.25, 0.3) is 0 Å². The molecule has 0 aliphatic heterocycles. The van der Waals surface area contributed by atoms with Crippen LogP contribution in [-0.4, -0.2) is 122 Å². The van der Waals surface area contributed by atoms with E-state index in [1.165, 1.54) is 24.3 Å². The summed E-state index contributed by atoms with van der Waals surface area (Å²) in [6.07, 6.45) is -7.56. The fourth-order valence-electron chi connectivity index (χ4n) is 11.6. The maximum Gasteiger partial charge on any atom is 0.417 e. The molecule has 4 bridgehead atoms. The molecule has 2 heterocycles. The van der Waals surface area contributed by atoms with E-state index in [-0.39, 0.29) is 71.7 Å². The molecule has 2 aromatic heterocycles. The minimum atomic E-state index is -4.80. The van der Waals surface area contributed by atoms with Crippen molar-refractivity contribution in [1.82, 2.24) is 35.7 Å². The van der Waals surface area contributed by atoms with Crippen LogP contribution >= 0.6 is 0 Å². The van der Waals surface area contributed by atoms with Gasteiger partial charge in [0, 0.05) is 59.1 Å². The molecule has 0 radical (unpaired) electrons. The summed E-state index contributed by atoms with van der Waals surface area (Å²) in [6, 6.07) is 6.88. The van der Waals surface area contributed by atoms with Crippen molar-refractivity contribution in [1.29, 1.82) is 0 Å². The van der Waals surface area contributed by atoms with Gasteiger partial charge in [-0.3, -0.25) is 24.5 Å². The van der Waals surface area contributed by atoms with Crippen LogP contribution in [0.15, 0.2) is 48.8 Å². The summed E-state index contributed by atoms with van der Waals surface area (Å²) in [5.41, 5.74) is -2.72. The molecule has 8 rings (SSSR count). The van der Waals surface area contributed by atoms with Crippen LogP contribution in [0, 0.1) is 47.3 Å². The van der Waals surface area contributed by atoms with Gasteiger partial charge in [-0.1, -0.05) is 12.1 Å². The van der Waals surface area contributed by atoms with Crippen molar-refractivity contribution >= 4 is 57.4 Å². The lowest BCUT2D eigenvalue weighted by Crippen LogP contribution is -2.53. The molecule has 0 spiro atoms. The fourth-order valence-corrected chi connectivity index (χ4v) is 11.6. The normalized spacial score (nSPS) is 26.3. The Hall–Kier alpha value is -5.96. The molecule has 372 valence electrons. The molecule has 0 saturated heterocycles. The van der Waals surface area contributed by atoms with Gasteiger partial charge in [0.1, 0.15) is 12.2 Å². The van der Waals surface area contributed by atoms with Crippen LogP contribution in [0.1, 0.15) is 70.4 Å². The highest BCUT2D eigenvalue weighted by Gasteiger charge is 2.62. The second-order valence-corrected chi connectivity index (χ2v) is 19.4. The number of H-pyrrole nitrogens is 2. The minimum absolute atomic E-state index is 0.0539. The summed E-state index contributed by atoms with van der Waals surface area (Å²) in [5, 5.41) is 7.49. The number of halogens is 6. The van der Waals surface area contributed by atoms with Gasteiger partial charge >= 0.3 is 24.3 Å². The number of aromatic nitrogens is 2. The molecule has 15 nitrogen and oxygen atoms in total. The lowest BCUT2D eigenvalue weighted by Gasteiger charge is -2.36. The fraction of sp³-hybridized carbons (Fsp3) is 0.542. The van der Waals surface area contributed by atoms with E-state index in [4.69, 9.17) is 9.47 Å². The average Bonchev–Trinajstić information content (AvgIpc) is 4.14. The number of ether oxygens (including phenoxy) is 2. The van der Waals surface area contributed by atoms with E-state index in [1.54, 1.807) is 0 Å². The summed E-state index contributed by atoms with van der Waals surface area (Å²) in [5.74, 6) is -12.0. The summed E-state index contributed by atoms with van der Waals surface area (Å²) < 4.78 is 96.3. The number of fused-ring (bicyclic) bond motifs is 6. The molecule has 2 aromatic carbocycles. The van der Waals surface area contributed by atoms with Gasteiger partial charge in [0.05, 0.1) is 45.9 Å². The van der Waals surface area contributed by atoms with E-state index in [0.29, 0.717) is 25.9 Å². The molecular weight excluding hydrogens is 917 g/mol. The molecule has 4 aromatic rings. The van der Waals surface area contributed by atoms with Gasteiger partial charge in [0.2, 0.25) is 23.6 Å². The van der Waals surface area contributed by atoms with Crippen molar-refractivity contribution in [2.45, 2.75) is 63.1 Å². The highest BCUT2D eigenvalue weighted by molar-refractivity contribution is 6.07. The van der Waals surface area contributed by atoms with Crippen LogP contribution in [0.3, 0.4) is 0 Å². The third-order valence-electron chi connectivity index (χ3n) is 14.5. The Kier molecular flexibility index (Phi) is 13.9. The predicted octanol–water partition coefficient (Wildman–Crippen LogP) is 5.76. The van der Waals surface area contributed by atoms with Crippen LogP contribution in [0.2, 0.25) is 0 Å². The minimum Gasteiger partial charge on any atom is -0.458 e. The number of rotatable bonds is 16. The molecule has 69 heavy (non-hydrogen) atoms. The molecule has 4 amide bonds. The average molecular weight is 972 g/mol. The van der Waals surface area contributed by atoms with Crippen LogP contribution in [0.4, 0.5) is 26.3 Å². The van der Waals surface area contributed by atoms with Crippen LogP contribution in [0.5, 0.6) is 0 Å². The zero-order valence-electron chi connectivity index (χ0n) is 38.4. The highest BCUT2D eigenvalue weighted by Crippen LogP contribution is 2.56. The molecular formula is C48H55F6N7O8. The number of benzene rings is 2. The highest BCUT2D eigenvalue weighted by atomic mass is 19.4. The van der Waals surface area contributed by atoms with Crippen molar-refractivity contribution < 1.29 is 64.6 Å². The van der Waals surface area contributed by atoms with E-state index in [2.05, 4.69) is 25.9 Å². The van der Waals surface area contributed by atoms with Crippen molar-refractivity contribution in [2.75, 3.05) is 54.4 Å². The third kappa shape index (κ3) is 9.93. The molecule has 4 aliphatic carbocycles. The third-order valence-corrected chi connectivity index (χ3v) is 14.5. The smallest absolute Gasteiger partial charge is 0.417 e. The van der Waals surface area contributed by atoms with Crippen LogP contribution in [-0.2, 0) is 41.0 Å². The number of aromatic amines is 2. The molecule has 10 atom stereocenters. The van der Waals surface area contributed by atoms with E-state index in [9.17, 15) is 55.1 Å². The Morgan fingerprint density at radius 2 is 0.971 bits per heavy atom. The lowest BCUT2D eigenvalue weighted by molar-refractivity contribution is -0.147. The number of amides is 4. The Morgan fingerprint density at radius 1 is 0.580 bits per heavy atom. The van der Waals surface area contributed by atoms with E-state index in [0.717, 1.165) is 24.5 Å². The van der Waals surface area contributed by atoms with Gasteiger partial charge in [-0.2, -0.15) is 26.3 Å². The Balaban J connectivity index is 1.05. The zero-order valence-corrected chi connectivity index (χ0v) is 38.4. The molecule has 4 aliphatic rings. The summed E-state index contributed by atoms with van der Waals surface area (Å²) in [6.45, 7) is 1.84. The summed E-state index contributed by atoms with van der Waals surface area (Å²) in [4.78, 5) is 94.0. The number of nitrogens with zero attached hydrogens (tertiary/aromatic N) is 2. The topological polar surface area (TPSA) is 195 Å². The second kappa shape index (κ2) is 19.4. The standard InChI is InChI=1S/C48H55F6N7O8/c1-60(2)15-7-13-55-41(62)35-23-17-25(33(19-23)68-45(66)27-21-57-31-11-5-9-29(37(27)31)47(49,50)51)39(35)43(64)59-44(65)40-26-18-24(36(40)42(63)56-14-8-16-61(3)4)20-34(26)69-46(67)28-22-58-32-12-6-10-30(38(28)32)48(52,53)54/h5-6,9-12,21-26,33-36,39-40,57-58H,7-8,13-20H2,1-4H3,(H,55,62)(H,56,63)(H,59,64,65). The molecule has 4 fully saturated rings. The van der Waals surface area contributed by atoms with Crippen LogP contribution < -0.4 is 16.0 Å². The van der Waals surface area contributed by atoms with Crippen molar-refractivity contribution in [3.8, 4) is 0 Å². The van der Waals surface area contributed by atoms with Crippen LogP contribution in [0.25, 0.3) is 21.8 Å². The number of carbonyl (C=O) groups is 6. The first-order valence-corrected chi connectivity index (χ1v) is 23.1. The van der Waals surface area contributed by atoms with Gasteiger partial charge in [-0.25, -0.2) is 9.59 Å². The Morgan fingerprint density at radius 3 is 1.33 bits per heavy atom. The van der Waals surface area contributed by atoms with Crippen molar-refractivity contribution in [3.63, 3.8) is 0 Å². The number of nitrogens with one attached hydrogen (secondary N) is 5. The van der Waals surface area contributed by atoms with E-state index >= 15 is 0 Å². The summed E-state index contributed by atoms with van der Waals surface area (Å²) >= 11 is 0. The summed E-state index contributed by atoms with van der Waals surface area (Å²) in [7, 11) is 7.48. The number of imide groups is 1. The molecule has 4 saturated carbocycles. The second-order valence-electron chi connectivity index (χ2n) is 19.4. The maximum absolute atomic E-state index is 14.7. The molecule has 10 unspecified atom stereocenters. The number of hydrogen-bond donors (Lipinski definition) is 5. The number of carbonyl (C=O) groups excluding carboxylic acids is 6. The van der Waals surface area contributed by atoms with E-state index in [1.807, 2.05) is 38.0 Å². The molecule has 21 heteroatoms. The Bertz CT molecular complexity index is 2450. The van der Waals surface area contributed by atoms with Crippen molar-refractivity contribution in [2.24, 2.45) is 47.3 Å². The number of alkyl halides is 6. The Labute approximate surface area is 392 Å². The van der Waals surface area contributed by atoms with Gasteiger partial charge in [0.15, 0.2) is 0 Å². The SMILES string of the molecule is CN(C)CCCNC(=O)C1C2CC(OC(=O)c3c[nH]c4cccc(C(F)(F)F)c34)C(C2)C1C(=O)NC(=O)C1C2CC(CC2OC(=O)c2c[nH]c3cccc(C(F)(F)F)c23)C1C(=O)NCCCN(C)C. The number of esters is 2. The first kappa shape index (κ1) is 49.5. The predicted molar refractivity (Wildman–Crippen MR) is 237 cm³/mol. The zero-order chi connectivity index (χ0) is 49.7. The largest absolute Gasteiger partial charge is 0.458 e. The molecule has 5 N–H and O–H groups in total. The first-order valence-electron chi connectivity index (χ1n) is 23.1. The maximum atomic E-state index is 14.7.